The number of rotatable bonds is 7. The van der Waals surface area contributed by atoms with E-state index in [0.717, 1.165) is 11.1 Å². The lowest BCUT2D eigenvalue weighted by Crippen LogP contribution is -2.20. The highest BCUT2D eigenvalue weighted by Gasteiger charge is 2.11. The lowest BCUT2D eigenvalue weighted by Gasteiger charge is -2.09. The number of furan rings is 1. The van der Waals surface area contributed by atoms with Crippen molar-refractivity contribution in [1.82, 2.24) is 9.97 Å². The Bertz CT molecular complexity index is 1490. The van der Waals surface area contributed by atoms with E-state index in [1.165, 1.54) is 18.4 Å². The molecule has 0 atom stereocenters. The third-order valence-corrected chi connectivity index (χ3v) is 5.09. The van der Waals surface area contributed by atoms with E-state index in [0.29, 0.717) is 28.5 Å². The minimum atomic E-state index is -0.387. The molecule has 0 aliphatic heterocycles. The van der Waals surface area contributed by atoms with Gasteiger partial charge in [-0.15, -0.1) is 0 Å². The quantitative estimate of drug-likeness (QED) is 0.302. The highest BCUT2D eigenvalue weighted by atomic mass is 19.1. The number of hydrogen-bond acceptors (Lipinski definition) is 5. The van der Waals surface area contributed by atoms with Crippen LogP contribution >= 0.6 is 0 Å². The van der Waals surface area contributed by atoms with Gasteiger partial charge in [-0.1, -0.05) is 6.07 Å². The standard InChI is InChI=1S/C26H19FN4O4/c27-17-8-6-16(7-9-17)25-30-21-11-10-19(14-22(21)31-25)28-24(32)15-35-20-4-1-3-18(13-20)29-26(33)23-5-2-12-34-23/h1-14H,15H2,(H,28,32)(H,29,33)(H,30,31). The molecule has 0 bridgehead atoms. The van der Waals surface area contributed by atoms with Crippen molar-refractivity contribution in [1.29, 1.82) is 0 Å². The summed E-state index contributed by atoms with van der Waals surface area (Å²) >= 11 is 0. The van der Waals surface area contributed by atoms with Crippen LogP contribution in [0.15, 0.2) is 89.5 Å². The minimum Gasteiger partial charge on any atom is -0.484 e. The molecule has 35 heavy (non-hydrogen) atoms. The van der Waals surface area contributed by atoms with E-state index >= 15 is 0 Å². The third kappa shape index (κ3) is 5.19. The number of nitrogens with one attached hydrogen (secondary N) is 3. The van der Waals surface area contributed by atoms with Crippen molar-refractivity contribution in [2.24, 2.45) is 0 Å². The summed E-state index contributed by atoms with van der Waals surface area (Å²) in [6.45, 7) is -0.225. The van der Waals surface area contributed by atoms with Gasteiger partial charge in [0.05, 0.1) is 17.3 Å². The Morgan fingerprint density at radius 1 is 0.943 bits per heavy atom. The Labute approximate surface area is 198 Å². The second-order valence-electron chi connectivity index (χ2n) is 7.62. The summed E-state index contributed by atoms with van der Waals surface area (Å²) < 4.78 is 23.8. The molecular formula is C26H19FN4O4. The Morgan fingerprint density at radius 3 is 2.57 bits per heavy atom. The molecule has 2 amide bonds. The zero-order valence-corrected chi connectivity index (χ0v) is 18.2. The average Bonchev–Trinajstić information content (AvgIpc) is 3.54. The van der Waals surface area contributed by atoms with Gasteiger partial charge in [0.1, 0.15) is 17.4 Å². The smallest absolute Gasteiger partial charge is 0.291 e. The number of imidazole rings is 1. The normalized spacial score (nSPS) is 10.8. The second-order valence-corrected chi connectivity index (χ2v) is 7.62. The molecule has 3 N–H and O–H groups in total. The number of H-pyrrole nitrogens is 1. The molecule has 0 fully saturated rings. The summed E-state index contributed by atoms with van der Waals surface area (Å²) in [7, 11) is 0. The SMILES string of the molecule is O=C(COc1cccc(NC(=O)c2ccco2)c1)Nc1ccc2nc(-c3ccc(F)cc3)[nH]c2c1. The highest BCUT2D eigenvalue weighted by Crippen LogP contribution is 2.23. The first-order valence-corrected chi connectivity index (χ1v) is 10.7. The molecule has 0 saturated carbocycles. The Morgan fingerprint density at radius 2 is 1.77 bits per heavy atom. The predicted molar refractivity (Wildman–Crippen MR) is 129 cm³/mol. The minimum absolute atomic E-state index is 0.190. The molecule has 0 saturated heterocycles. The van der Waals surface area contributed by atoms with Crippen molar-refractivity contribution in [2.75, 3.05) is 17.2 Å². The van der Waals surface area contributed by atoms with Crippen LogP contribution in [0.5, 0.6) is 5.75 Å². The van der Waals surface area contributed by atoms with Crippen LogP contribution in [0.2, 0.25) is 0 Å². The first-order valence-electron chi connectivity index (χ1n) is 10.7. The van der Waals surface area contributed by atoms with Crippen molar-refractivity contribution >= 4 is 34.2 Å². The average molecular weight is 470 g/mol. The summed E-state index contributed by atoms with van der Waals surface area (Å²) in [5, 5.41) is 5.49. The number of anilines is 2. The predicted octanol–water partition coefficient (Wildman–Crippen LogP) is 5.23. The fraction of sp³-hybridized carbons (Fsp3) is 0.0385. The lowest BCUT2D eigenvalue weighted by molar-refractivity contribution is -0.118. The maximum absolute atomic E-state index is 13.2. The summed E-state index contributed by atoms with van der Waals surface area (Å²) in [6, 6.07) is 21.2. The lowest BCUT2D eigenvalue weighted by atomic mass is 10.2. The van der Waals surface area contributed by atoms with Crippen LogP contribution in [0.3, 0.4) is 0 Å². The molecule has 174 valence electrons. The largest absolute Gasteiger partial charge is 0.484 e. The van der Waals surface area contributed by atoms with Crippen molar-refractivity contribution in [3.05, 3.63) is 96.7 Å². The Kier molecular flexibility index (Phi) is 5.96. The molecule has 5 aromatic rings. The fourth-order valence-electron chi connectivity index (χ4n) is 3.44. The number of ether oxygens (including phenoxy) is 1. The summed E-state index contributed by atoms with van der Waals surface area (Å²) in [5.74, 6) is 0.155. The first kappa shape index (κ1) is 21.9. The maximum Gasteiger partial charge on any atom is 0.291 e. The molecule has 2 aromatic heterocycles. The van der Waals surface area contributed by atoms with Gasteiger partial charge in [0.2, 0.25) is 0 Å². The highest BCUT2D eigenvalue weighted by molar-refractivity contribution is 6.02. The van der Waals surface area contributed by atoms with Crippen LogP contribution in [0.4, 0.5) is 15.8 Å². The van der Waals surface area contributed by atoms with Crippen LogP contribution in [-0.4, -0.2) is 28.4 Å². The fourth-order valence-corrected chi connectivity index (χ4v) is 3.44. The molecular weight excluding hydrogens is 451 g/mol. The van der Waals surface area contributed by atoms with Crippen LogP contribution in [0.25, 0.3) is 22.4 Å². The zero-order valence-electron chi connectivity index (χ0n) is 18.2. The molecule has 2 heterocycles. The van der Waals surface area contributed by atoms with Gasteiger partial charge in [-0.05, 0) is 66.7 Å². The van der Waals surface area contributed by atoms with Crippen molar-refractivity contribution in [3.63, 3.8) is 0 Å². The van der Waals surface area contributed by atoms with Crippen LogP contribution in [0.1, 0.15) is 10.6 Å². The van der Waals surface area contributed by atoms with E-state index < -0.39 is 0 Å². The Hall–Kier alpha value is -4.92. The maximum atomic E-state index is 13.2. The molecule has 8 nitrogen and oxygen atoms in total. The van der Waals surface area contributed by atoms with Crippen molar-refractivity contribution in [3.8, 4) is 17.1 Å². The molecule has 0 aliphatic carbocycles. The third-order valence-electron chi connectivity index (χ3n) is 5.09. The molecule has 0 unspecified atom stereocenters. The van der Waals surface area contributed by atoms with Crippen molar-refractivity contribution in [2.45, 2.75) is 0 Å². The number of aromatic amines is 1. The number of carbonyl (C=O) groups is 2. The van der Waals surface area contributed by atoms with E-state index in [1.807, 2.05) is 0 Å². The number of fused-ring (bicyclic) bond motifs is 1. The topological polar surface area (TPSA) is 109 Å². The van der Waals surface area contributed by atoms with E-state index in [9.17, 15) is 14.0 Å². The van der Waals surface area contributed by atoms with E-state index in [2.05, 4.69) is 20.6 Å². The molecule has 0 radical (unpaired) electrons. The zero-order chi connectivity index (χ0) is 24.2. The number of halogens is 1. The molecule has 0 aliphatic rings. The van der Waals surface area contributed by atoms with Crippen molar-refractivity contribution < 1.29 is 23.1 Å². The van der Waals surface area contributed by atoms with Crippen LogP contribution < -0.4 is 15.4 Å². The van der Waals surface area contributed by atoms with Crippen LogP contribution in [-0.2, 0) is 4.79 Å². The molecule has 3 aromatic carbocycles. The van der Waals surface area contributed by atoms with Gasteiger partial charge in [-0.25, -0.2) is 9.37 Å². The summed E-state index contributed by atoms with van der Waals surface area (Å²) in [5.41, 5.74) is 3.27. The van der Waals surface area contributed by atoms with E-state index in [1.54, 1.807) is 66.7 Å². The molecule has 9 heteroatoms. The second kappa shape index (κ2) is 9.52. The van der Waals surface area contributed by atoms with E-state index in [4.69, 9.17) is 9.15 Å². The Balaban J connectivity index is 1.20. The van der Waals surface area contributed by atoms with Gasteiger partial charge in [-0.2, -0.15) is 0 Å². The van der Waals surface area contributed by atoms with Gasteiger partial charge < -0.3 is 24.8 Å². The van der Waals surface area contributed by atoms with Gasteiger partial charge in [0, 0.05) is 23.0 Å². The van der Waals surface area contributed by atoms with Gasteiger partial charge in [0.15, 0.2) is 12.4 Å². The van der Waals surface area contributed by atoms with Gasteiger partial charge in [0.25, 0.3) is 11.8 Å². The number of aromatic nitrogens is 2. The first-order chi connectivity index (χ1) is 17.0. The number of nitrogens with zero attached hydrogens (tertiary/aromatic N) is 1. The van der Waals surface area contributed by atoms with Gasteiger partial charge >= 0.3 is 0 Å². The molecule has 0 spiro atoms. The number of benzene rings is 3. The number of amides is 2. The monoisotopic (exact) mass is 470 g/mol. The number of carbonyl (C=O) groups excluding carboxylic acids is 2. The summed E-state index contributed by atoms with van der Waals surface area (Å²) in [6.07, 6.45) is 1.42. The number of hydrogen-bond donors (Lipinski definition) is 3. The summed E-state index contributed by atoms with van der Waals surface area (Å²) in [4.78, 5) is 32.2. The van der Waals surface area contributed by atoms with Crippen LogP contribution in [0, 0.1) is 5.82 Å². The van der Waals surface area contributed by atoms with E-state index in [-0.39, 0.29) is 30.0 Å². The molecule has 5 rings (SSSR count). The van der Waals surface area contributed by atoms with Gasteiger partial charge in [-0.3, -0.25) is 9.59 Å².